The van der Waals surface area contributed by atoms with E-state index in [-0.39, 0.29) is 33.5 Å². The van der Waals surface area contributed by atoms with E-state index in [0.717, 1.165) is 16.0 Å². The van der Waals surface area contributed by atoms with E-state index in [0.29, 0.717) is 54.1 Å². The number of imidazole rings is 1. The van der Waals surface area contributed by atoms with Crippen molar-refractivity contribution in [3.05, 3.63) is 113 Å². The van der Waals surface area contributed by atoms with Crippen LogP contribution in [0, 0.1) is 20.8 Å². The minimum Gasteiger partial charge on any atom is -0.493 e. The van der Waals surface area contributed by atoms with Crippen molar-refractivity contribution < 1.29 is 31.6 Å². The summed E-state index contributed by atoms with van der Waals surface area (Å²) in [6, 6.07) is 21.0. The number of esters is 1. The van der Waals surface area contributed by atoms with Gasteiger partial charge in [0.25, 0.3) is 10.0 Å². The second-order valence-corrected chi connectivity index (χ2v) is 14.5. The average molecular weight is 690 g/mol. The Morgan fingerprint density at radius 2 is 1.69 bits per heavy atom. The fourth-order valence-electron chi connectivity index (χ4n) is 5.18. The summed E-state index contributed by atoms with van der Waals surface area (Å²) in [4.78, 5) is 21.8. The van der Waals surface area contributed by atoms with Crippen LogP contribution in [0.3, 0.4) is 0 Å². The number of methoxy groups -OCH3 is 1. The largest absolute Gasteiger partial charge is 0.493 e. The van der Waals surface area contributed by atoms with Crippen molar-refractivity contribution in [3.63, 3.8) is 0 Å². The molecule has 0 radical (unpaired) electrons. The van der Waals surface area contributed by atoms with Crippen molar-refractivity contribution in [2.75, 3.05) is 26.9 Å². The first-order chi connectivity index (χ1) is 23.1. The van der Waals surface area contributed by atoms with Crippen LogP contribution in [0.4, 0.5) is 0 Å². The van der Waals surface area contributed by atoms with Crippen molar-refractivity contribution in [3.8, 4) is 5.75 Å². The first kappa shape index (κ1) is 34.9. The van der Waals surface area contributed by atoms with Gasteiger partial charge in [0.15, 0.2) is 0 Å². The van der Waals surface area contributed by atoms with Crippen LogP contribution in [0.5, 0.6) is 5.75 Å². The summed E-state index contributed by atoms with van der Waals surface area (Å²) in [7, 11) is -4.68. The molecule has 0 amide bonds. The van der Waals surface area contributed by atoms with E-state index in [1.807, 2.05) is 38.1 Å². The predicted octanol–water partition coefficient (Wildman–Crippen LogP) is 6.11. The molecule has 0 fully saturated rings. The smallest absolute Gasteiger partial charge is 0.338 e. The number of para-hydroxylation sites is 2. The van der Waals surface area contributed by atoms with E-state index in [2.05, 4.69) is 9.97 Å². The van der Waals surface area contributed by atoms with Gasteiger partial charge in [-0.05, 0) is 75.1 Å². The Hall–Kier alpha value is -4.39. The molecule has 0 N–H and O–H groups in total. The molecule has 0 bridgehead atoms. The number of hydrogen-bond donors (Lipinski definition) is 0. The highest BCUT2D eigenvalue weighted by molar-refractivity contribution is 7.91. The minimum atomic E-state index is -4.38. The summed E-state index contributed by atoms with van der Waals surface area (Å²) < 4.78 is 60.2. The predicted molar refractivity (Wildman–Crippen MR) is 184 cm³/mol. The van der Waals surface area contributed by atoms with Gasteiger partial charge in [-0.1, -0.05) is 48.0 Å². The molecule has 48 heavy (non-hydrogen) atoms. The lowest BCUT2D eigenvalue weighted by atomic mass is 10.1. The maximum Gasteiger partial charge on any atom is 0.338 e. The molecule has 0 aliphatic heterocycles. The molecule has 5 rings (SSSR count). The lowest BCUT2D eigenvalue weighted by molar-refractivity contribution is 0.0500. The van der Waals surface area contributed by atoms with Crippen LogP contribution in [-0.2, 0) is 42.5 Å². The molecule has 10 nitrogen and oxygen atoms in total. The first-order valence-corrected chi connectivity index (χ1v) is 18.4. The van der Waals surface area contributed by atoms with E-state index >= 15 is 0 Å². The Balaban J connectivity index is 1.40. The normalized spacial score (nSPS) is 12.2. The van der Waals surface area contributed by atoms with Gasteiger partial charge >= 0.3 is 5.97 Å². The number of hydrogen-bond acceptors (Lipinski definition) is 9. The van der Waals surface area contributed by atoms with Crippen LogP contribution >= 0.6 is 0 Å². The zero-order valence-corrected chi connectivity index (χ0v) is 29.1. The SMILES string of the molecule is COCCCOc1ccnc(CS(=O)c2nc3ccccc3n2S(=O)(=O)c2cc(C(=O)OCCCc3ccc(C)cc3)ccc2C)c1C. The Kier molecular flexibility index (Phi) is 11.4. The third-order valence-corrected chi connectivity index (χ3v) is 11.1. The number of aryl methyl sites for hydroxylation is 3. The average Bonchev–Trinajstić information content (AvgIpc) is 3.48. The van der Waals surface area contributed by atoms with Crippen LogP contribution in [-0.4, -0.2) is 59.5 Å². The molecule has 2 aromatic heterocycles. The molecule has 0 aliphatic carbocycles. The monoisotopic (exact) mass is 689 g/mol. The Bertz CT molecular complexity index is 2040. The van der Waals surface area contributed by atoms with E-state index in [1.54, 1.807) is 62.7 Å². The standard InChI is InChI=1S/C36H39N3O7S2/c1-25-12-15-28(16-13-25)9-7-21-46-35(40)29-17-14-26(2)34(23-29)48(42,43)39-32-11-6-5-10-30(32)38-36(39)47(41)24-31-27(3)33(18-19-37-31)45-22-8-20-44-4/h5-6,10-19,23H,7-9,20-22,24H2,1-4H3. The van der Waals surface area contributed by atoms with Gasteiger partial charge in [-0.3, -0.25) is 9.19 Å². The molecule has 0 spiro atoms. The van der Waals surface area contributed by atoms with Gasteiger partial charge in [-0.15, -0.1) is 0 Å². The molecule has 2 heterocycles. The van der Waals surface area contributed by atoms with Crippen molar-refractivity contribution in [2.24, 2.45) is 0 Å². The number of carbonyl (C=O) groups is 1. The van der Waals surface area contributed by atoms with Gasteiger partial charge in [0, 0.05) is 31.9 Å². The lowest BCUT2D eigenvalue weighted by Gasteiger charge is -2.14. The van der Waals surface area contributed by atoms with Crippen LogP contribution in [0.1, 0.15) is 51.1 Å². The maximum absolute atomic E-state index is 14.4. The third kappa shape index (κ3) is 8.00. The molecule has 12 heteroatoms. The minimum absolute atomic E-state index is 0.0894. The Labute approximate surface area is 283 Å². The van der Waals surface area contributed by atoms with Crippen LogP contribution in [0.25, 0.3) is 11.0 Å². The van der Waals surface area contributed by atoms with E-state index < -0.39 is 26.8 Å². The van der Waals surface area contributed by atoms with E-state index in [1.165, 1.54) is 11.6 Å². The molecule has 5 aromatic rings. The van der Waals surface area contributed by atoms with Gasteiger partial charge in [-0.25, -0.2) is 22.2 Å². The van der Waals surface area contributed by atoms with E-state index in [4.69, 9.17) is 14.2 Å². The fourth-order valence-corrected chi connectivity index (χ4v) is 8.48. The summed E-state index contributed by atoms with van der Waals surface area (Å²) in [6.45, 7) is 6.67. The summed E-state index contributed by atoms with van der Waals surface area (Å²) in [5.74, 6) is -0.113. The topological polar surface area (TPSA) is 127 Å². The molecule has 0 saturated heterocycles. The van der Waals surface area contributed by atoms with Crippen molar-refractivity contribution in [1.82, 2.24) is 13.9 Å². The number of aromatic nitrogens is 3. The summed E-state index contributed by atoms with van der Waals surface area (Å²) >= 11 is 0. The van der Waals surface area contributed by atoms with Gasteiger partial charge < -0.3 is 14.2 Å². The van der Waals surface area contributed by atoms with Gasteiger partial charge in [0.2, 0.25) is 5.16 Å². The zero-order valence-electron chi connectivity index (χ0n) is 27.5. The van der Waals surface area contributed by atoms with E-state index in [9.17, 15) is 17.4 Å². The highest BCUT2D eigenvalue weighted by Gasteiger charge is 2.30. The molecule has 0 saturated carbocycles. The summed E-state index contributed by atoms with van der Waals surface area (Å²) in [5.41, 5.74) is 4.67. The Morgan fingerprint density at radius 3 is 2.46 bits per heavy atom. The van der Waals surface area contributed by atoms with Gasteiger partial charge in [0.05, 0.1) is 57.0 Å². The number of benzene rings is 3. The van der Waals surface area contributed by atoms with Crippen LogP contribution < -0.4 is 4.74 Å². The van der Waals surface area contributed by atoms with Crippen LogP contribution in [0.2, 0.25) is 0 Å². The molecule has 1 atom stereocenters. The summed E-state index contributed by atoms with van der Waals surface area (Å²) in [5, 5.41) is -0.146. The first-order valence-electron chi connectivity index (χ1n) is 15.6. The van der Waals surface area contributed by atoms with Gasteiger partial charge in [0.1, 0.15) is 5.75 Å². The van der Waals surface area contributed by atoms with Crippen LogP contribution in [0.15, 0.2) is 89.0 Å². The number of carbonyl (C=O) groups excluding carboxylic acids is 1. The van der Waals surface area contributed by atoms with Crippen molar-refractivity contribution in [1.29, 1.82) is 0 Å². The van der Waals surface area contributed by atoms with Crippen molar-refractivity contribution in [2.45, 2.75) is 55.8 Å². The number of fused-ring (bicyclic) bond motifs is 1. The van der Waals surface area contributed by atoms with Crippen molar-refractivity contribution >= 4 is 37.8 Å². The zero-order chi connectivity index (χ0) is 34.3. The highest BCUT2D eigenvalue weighted by Crippen LogP contribution is 2.29. The molecule has 0 aliphatic rings. The number of ether oxygens (including phenoxy) is 3. The lowest BCUT2D eigenvalue weighted by Crippen LogP contribution is -2.19. The third-order valence-electron chi connectivity index (χ3n) is 7.88. The fraction of sp³-hybridized carbons (Fsp3) is 0.306. The Morgan fingerprint density at radius 1 is 0.917 bits per heavy atom. The molecule has 252 valence electrons. The molecule has 3 aromatic carbocycles. The molecular weight excluding hydrogens is 651 g/mol. The second kappa shape index (κ2) is 15.7. The number of nitrogens with zero attached hydrogens (tertiary/aromatic N) is 3. The quantitative estimate of drug-likeness (QED) is 0.0946. The number of rotatable bonds is 15. The highest BCUT2D eigenvalue weighted by atomic mass is 32.2. The second-order valence-electron chi connectivity index (χ2n) is 11.4. The number of pyridine rings is 1. The maximum atomic E-state index is 14.4. The summed E-state index contributed by atoms with van der Waals surface area (Å²) in [6.07, 6.45) is 3.64. The molecule has 1 unspecified atom stereocenters. The molecular formula is C36H39N3O7S2. The van der Waals surface area contributed by atoms with Gasteiger partial charge in [-0.2, -0.15) is 0 Å².